The van der Waals surface area contributed by atoms with E-state index in [0.29, 0.717) is 17.3 Å². The van der Waals surface area contributed by atoms with Gasteiger partial charge in [0.25, 0.3) is 5.56 Å². The zero-order chi connectivity index (χ0) is 18.7. The standard InChI is InChI=1S/C19H23FN4O2/c1-13-6-7-15(20)11-16(13)22-17(25)12-24-18(26)10-14(2)21-19(24)23-8-4-3-5-9-23/h6-7,10-11H,3-5,8-9,12H2,1-2H3,(H,22,25). The van der Waals surface area contributed by atoms with Crippen LogP contribution in [0, 0.1) is 19.7 Å². The van der Waals surface area contributed by atoms with Gasteiger partial charge in [-0.3, -0.25) is 14.2 Å². The molecule has 0 spiro atoms. The summed E-state index contributed by atoms with van der Waals surface area (Å²) in [5.41, 5.74) is 1.53. The quantitative estimate of drug-likeness (QED) is 0.912. The van der Waals surface area contributed by atoms with E-state index in [1.54, 1.807) is 19.9 Å². The molecule has 0 bridgehead atoms. The van der Waals surface area contributed by atoms with Gasteiger partial charge in [-0.25, -0.2) is 9.37 Å². The third kappa shape index (κ3) is 4.09. The van der Waals surface area contributed by atoms with Gasteiger partial charge >= 0.3 is 0 Å². The normalized spacial score (nSPS) is 14.3. The summed E-state index contributed by atoms with van der Waals surface area (Å²) in [6.07, 6.45) is 3.24. The van der Waals surface area contributed by atoms with Crippen molar-refractivity contribution in [3.8, 4) is 0 Å². The molecule has 2 aromatic rings. The van der Waals surface area contributed by atoms with Crippen molar-refractivity contribution in [1.29, 1.82) is 0 Å². The summed E-state index contributed by atoms with van der Waals surface area (Å²) in [6.45, 7) is 5.04. The maximum Gasteiger partial charge on any atom is 0.255 e. The molecule has 3 rings (SSSR count). The number of carbonyl (C=O) groups excluding carboxylic acids is 1. The van der Waals surface area contributed by atoms with Crippen LogP contribution in [0.4, 0.5) is 16.0 Å². The summed E-state index contributed by atoms with van der Waals surface area (Å²) in [6, 6.07) is 5.64. The summed E-state index contributed by atoms with van der Waals surface area (Å²) in [5, 5.41) is 2.69. The molecule has 1 aliphatic heterocycles. The SMILES string of the molecule is Cc1cc(=O)n(CC(=O)Nc2cc(F)ccc2C)c(N2CCCCC2)n1. The van der Waals surface area contributed by atoms with Gasteiger partial charge in [-0.1, -0.05) is 6.07 Å². The van der Waals surface area contributed by atoms with Crippen molar-refractivity contribution < 1.29 is 9.18 Å². The molecule has 0 saturated carbocycles. The van der Waals surface area contributed by atoms with Crippen LogP contribution in [0.3, 0.4) is 0 Å². The minimum absolute atomic E-state index is 0.159. The Morgan fingerprint density at radius 2 is 1.92 bits per heavy atom. The van der Waals surface area contributed by atoms with Crippen molar-refractivity contribution in [2.45, 2.75) is 39.7 Å². The minimum atomic E-state index is -0.422. The smallest absolute Gasteiger partial charge is 0.255 e. The lowest BCUT2D eigenvalue weighted by Gasteiger charge is -2.29. The molecule has 7 heteroatoms. The van der Waals surface area contributed by atoms with E-state index in [-0.39, 0.29) is 18.0 Å². The van der Waals surface area contributed by atoms with Crippen LogP contribution in [0.15, 0.2) is 29.1 Å². The largest absolute Gasteiger partial charge is 0.342 e. The molecule has 1 N–H and O–H groups in total. The van der Waals surface area contributed by atoms with Crippen LogP contribution in [-0.2, 0) is 11.3 Å². The number of aryl methyl sites for hydroxylation is 2. The number of amides is 1. The van der Waals surface area contributed by atoms with Crippen molar-refractivity contribution in [2.75, 3.05) is 23.3 Å². The first-order valence-corrected chi connectivity index (χ1v) is 8.83. The Bertz CT molecular complexity index is 872. The molecular weight excluding hydrogens is 335 g/mol. The van der Waals surface area contributed by atoms with Gasteiger partial charge in [-0.15, -0.1) is 0 Å². The second-order valence-corrected chi connectivity index (χ2v) is 6.68. The Kier molecular flexibility index (Phi) is 5.35. The fraction of sp³-hybridized carbons (Fsp3) is 0.421. The van der Waals surface area contributed by atoms with Crippen molar-refractivity contribution in [2.24, 2.45) is 0 Å². The third-order valence-electron chi connectivity index (χ3n) is 4.53. The highest BCUT2D eigenvalue weighted by atomic mass is 19.1. The summed E-state index contributed by atoms with van der Waals surface area (Å²) in [5.74, 6) is -0.278. The molecule has 0 radical (unpaired) electrons. The van der Waals surface area contributed by atoms with E-state index in [1.807, 2.05) is 0 Å². The lowest BCUT2D eigenvalue weighted by molar-refractivity contribution is -0.116. The van der Waals surface area contributed by atoms with Gasteiger partial charge in [0.2, 0.25) is 11.9 Å². The van der Waals surface area contributed by atoms with Crippen molar-refractivity contribution >= 4 is 17.5 Å². The molecule has 26 heavy (non-hydrogen) atoms. The molecular formula is C19H23FN4O2. The fourth-order valence-electron chi connectivity index (χ4n) is 3.15. The number of halogens is 1. The molecule has 1 saturated heterocycles. The van der Waals surface area contributed by atoms with Crippen LogP contribution >= 0.6 is 0 Å². The van der Waals surface area contributed by atoms with Crippen LogP contribution < -0.4 is 15.8 Å². The Hall–Kier alpha value is -2.70. The molecule has 1 fully saturated rings. The number of nitrogens with one attached hydrogen (secondary N) is 1. The van der Waals surface area contributed by atoms with Gasteiger partial charge < -0.3 is 10.2 Å². The van der Waals surface area contributed by atoms with Crippen molar-refractivity contribution in [3.63, 3.8) is 0 Å². The Balaban J connectivity index is 1.85. The number of hydrogen-bond acceptors (Lipinski definition) is 4. The molecule has 0 unspecified atom stereocenters. The molecule has 1 amide bonds. The average molecular weight is 358 g/mol. The molecule has 1 aromatic heterocycles. The molecule has 0 aliphatic carbocycles. The van der Waals surface area contributed by atoms with Gasteiger partial charge in [-0.2, -0.15) is 0 Å². The van der Waals surface area contributed by atoms with E-state index in [0.717, 1.165) is 37.9 Å². The topological polar surface area (TPSA) is 67.2 Å². The number of nitrogens with zero attached hydrogens (tertiary/aromatic N) is 3. The zero-order valence-corrected chi connectivity index (χ0v) is 15.1. The van der Waals surface area contributed by atoms with Gasteiger partial charge in [0.05, 0.1) is 0 Å². The number of anilines is 2. The fourth-order valence-corrected chi connectivity index (χ4v) is 3.15. The lowest BCUT2D eigenvalue weighted by Crippen LogP contribution is -2.38. The van der Waals surface area contributed by atoms with Gasteiger partial charge in [-0.05, 0) is 50.8 Å². The van der Waals surface area contributed by atoms with Crippen LogP contribution in [0.2, 0.25) is 0 Å². The molecule has 2 heterocycles. The zero-order valence-electron chi connectivity index (χ0n) is 15.1. The van der Waals surface area contributed by atoms with E-state index in [9.17, 15) is 14.0 Å². The number of hydrogen-bond donors (Lipinski definition) is 1. The highest BCUT2D eigenvalue weighted by molar-refractivity contribution is 5.91. The van der Waals surface area contributed by atoms with Gasteiger partial charge in [0.1, 0.15) is 12.4 Å². The van der Waals surface area contributed by atoms with Crippen LogP contribution in [-0.4, -0.2) is 28.5 Å². The van der Waals surface area contributed by atoms with Crippen LogP contribution in [0.1, 0.15) is 30.5 Å². The number of aromatic nitrogens is 2. The van der Waals surface area contributed by atoms with E-state index < -0.39 is 5.82 Å². The number of rotatable bonds is 4. The van der Waals surface area contributed by atoms with E-state index in [2.05, 4.69) is 15.2 Å². The average Bonchev–Trinajstić information content (AvgIpc) is 2.61. The van der Waals surface area contributed by atoms with E-state index in [1.165, 1.54) is 22.8 Å². The summed E-state index contributed by atoms with van der Waals surface area (Å²) in [7, 11) is 0. The predicted molar refractivity (Wildman–Crippen MR) is 99.1 cm³/mol. The first-order valence-electron chi connectivity index (χ1n) is 8.83. The predicted octanol–water partition coefficient (Wildman–Crippen LogP) is 2.63. The van der Waals surface area contributed by atoms with Crippen molar-refractivity contribution in [1.82, 2.24) is 9.55 Å². The van der Waals surface area contributed by atoms with Crippen molar-refractivity contribution in [3.05, 3.63) is 51.7 Å². The van der Waals surface area contributed by atoms with E-state index >= 15 is 0 Å². The van der Waals surface area contributed by atoms with Gasteiger partial charge in [0, 0.05) is 30.5 Å². The first-order chi connectivity index (χ1) is 12.4. The highest BCUT2D eigenvalue weighted by Gasteiger charge is 2.19. The summed E-state index contributed by atoms with van der Waals surface area (Å²) >= 11 is 0. The monoisotopic (exact) mass is 358 g/mol. The molecule has 6 nitrogen and oxygen atoms in total. The van der Waals surface area contributed by atoms with E-state index in [4.69, 9.17) is 0 Å². The minimum Gasteiger partial charge on any atom is -0.342 e. The lowest BCUT2D eigenvalue weighted by atomic mass is 10.1. The number of carbonyl (C=O) groups is 1. The molecule has 0 atom stereocenters. The number of piperidine rings is 1. The molecule has 1 aromatic carbocycles. The Morgan fingerprint density at radius 1 is 1.19 bits per heavy atom. The maximum atomic E-state index is 13.4. The van der Waals surface area contributed by atoms with Crippen LogP contribution in [0.25, 0.3) is 0 Å². The summed E-state index contributed by atoms with van der Waals surface area (Å²) < 4.78 is 14.8. The number of benzene rings is 1. The molecule has 1 aliphatic rings. The second kappa shape index (κ2) is 7.68. The summed E-state index contributed by atoms with van der Waals surface area (Å²) in [4.78, 5) is 31.5. The van der Waals surface area contributed by atoms with Gasteiger partial charge in [0.15, 0.2) is 0 Å². The Morgan fingerprint density at radius 3 is 2.65 bits per heavy atom. The first kappa shape index (κ1) is 18.1. The highest BCUT2D eigenvalue weighted by Crippen LogP contribution is 2.18. The Labute approximate surface area is 151 Å². The molecule has 138 valence electrons. The van der Waals surface area contributed by atoms with Crippen LogP contribution in [0.5, 0.6) is 0 Å². The maximum absolute atomic E-state index is 13.4. The second-order valence-electron chi connectivity index (χ2n) is 6.68. The third-order valence-corrected chi connectivity index (χ3v) is 4.53.